The fourth-order valence-corrected chi connectivity index (χ4v) is 6.21. The molecule has 0 aliphatic carbocycles. The first kappa shape index (κ1) is 26.4. The lowest BCUT2D eigenvalue weighted by Gasteiger charge is -2.34. The number of fused-ring (bicyclic) bond motifs is 4. The lowest BCUT2D eigenvalue weighted by molar-refractivity contribution is 0.0944. The van der Waals surface area contributed by atoms with E-state index in [1.54, 1.807) is 23.5 Å². The Kier molecular flexibility index (Phi) is 7.59. The molecule has 1 N–H and O–H groups in total. The predicted molar refractivity (Wildman–Crippen MR) is 158 cm³/mol. The Morgan fingerprint density at radius 3 is 2.66 bits per heavy atom. The van der Waals surface area contributed by atoms with E-state index in [-0.39, 0.29) is 18.0 Å². The van der Waals surface area contributed by atoms with E-state index in [4.69, 9.17) is 21.0 Å². The van der Waals surface area contributed by atoms with E-state index >= 15 is 0 Å². The van der Waals surface area contributed by atoms with E-state index in [1.807, 2.05) is 42.5 Å². The molecule has 1 aliphatic rings. The Morgan fingerprint density at radius 1 is 1.08 bits per heavy atom. The van der Waals surface area contributed by atoms with Crippen LogP contribution in [0.25, 0.3) is 32.0 Å². The third-order valence-electron chi connectivity index (χ3n) is 6.93. The molecule has 3 heterocycles. The number of nitrogens with zero attached hydrogens (tertiary/aromatic N) is 3. The quantitative estimate of drug-likeness (QED) is 0.223. The maximum Gasteiger partial charge on any atom is 0.349 e. The van der Waals surface area contributed by atoms with Gasteiger partial charge in [0.2, 0.25) is 0 Å². The maximum atomic E-state index is 12.8. The highest BCUT2D eigenvalue weighted by atomic mass is 35.5. The van der Waals surface area contributed by atoms with Crippen molar-refractivity contribution in [2.24, 2.45) is 0 Å². The number of halogens is 2. The number of aryl methyl sites for hydroxylation is 1. The summed E-state index contributed by atoms with van der Waals surface area (Å²) < 4.78 is 6.50. The van der Waals surface area contributed by atoms with Crippen LogP contribution in [-0.2, 0) is 0 Å². The van der Waals surface area contributed by atoms with E-state index in [0.29, 0.717) is 18.7 Å². The van der Waals surface area contributed by atoms with Crippen LogP contribution in [0.15, 0.2) is 63.8 Å². The summed E-state index contributed by atoms with van der Waals surface area (Å²) in [5, 5.41) is 7.36. The average molecular weight is 570 g/mol. The van der Waals surface area contributed by atoms with Crippen molar-refractivity contribution in [2.75, 3.05) is 44.2 Å². The lowest BCUT2D eigenvalue weighted by Crippen LogP contribution is -2.48. The Labute approximate surface area is 234 Å². The number of carbonyl (C=O) groups excluding carboxylic acids is 1. The number of nitrogens with one attached hydrogen (secondary N) is 1. The van der Waals surface area contributed by atoms with Gasteiger partial charge in [0.25, 0.3) is 5.91 Å². The van der Waals surface area contributed by atoms with Crippen LogP contribution in [0, 0.1) is 6.92 Å². The summed E-state index contributed by atoms with van der Waals surface area (Å²) in [6.45, 7) is 6.63. The summed E-state index contributed by atoms with van der Waals surface area (Å²) >= 11 is 8.02. The number of piperazine rings is 1. The number of anilines is 1. The number of thiazole rings is 1. The van der Waals surface area contributed by atoms with Gasteiger partial charge < -0.3 is 14.6 Å². The summed E-state index contributed by atoms with van der Waals surface area (Å²) in [4.78, 5) is 34.8. The van der Waals surface area contributed by atoms with Crippen LogP contribution in [0.5, 0.6) is 0 Å². The van der Waals surface area contributed by atoms with E-state index in [9.17, 15) is 9.59 Å². The molecule has 2 aromatic heterocycles. The smallest absolute Gasteiger partial charge is 0.349 e. The van der Waals surface area contributed by atoms with E-state index in [1.165, 1.54) is 0 Å². The topological polar surface area (TPSA) is 78.7 Å². The minimum Gasteiger partial charge on any atom is -0.422 e. The van der Waals surface area contributed by atoms with Gasteiger partial charge in [-0.15, -0.1) is 12.4 Å². The molecule has 0 saturated carbocycles. The molecular formula is C28H26Cl2N4O3S. The fraction of sp³-hybridized carbons (Fsp3) is 0.250. The van der Waals surface area contributed by atoms with Gasteiger partial charge in [-0.2, -0.15) is 0 Å². The normalized spacial score (nSPS) is 14.2. The van der Waals surface area contributed by atoms with Crippen molar-refractivity contribution in [2.45, 2.75) is 6.92 Å². The molecule has 1 saturated heterocycles. The van der Waals surface area contributed by atoms with Crippen molar-refractivity contribution in [1.29, 1.82) is 0 Å². The highest BCUT2D eigenvalue weighted by Crippen LogP contribution is 2.35. The van der Waals surface area contributed by atoms with Crippen molar-refractivity contribution in [3.05, 3.63) is 81.2 Å². The number of benzene rings is 3. The molecule has 5 aromatic rings. The van der Waals surface area contributed by atoms with Crippen molar-refractivity contribution in [3.8, 4) is 0 Å². The average Bonchev–Trinajstić information content (AvgIpc) is 3.38. The van der Waals surface area contributed by atoms with E-state index < -0.39 is 11.5 Å². The molecule has 0 atom stereocenters. The number of hydrogen-bond acceptors (Lipinski definition) is 7. The minimum atomic E-state index is -0.625. The third-order valence-corrected chi connectivity index (χ3v) is 8.51. The van der Waals surface area contributed by atoms with Gasteiger partial charge in [0.15, 0.2) is 5.13 Å². The van der Waals surface area contributed by atoms with Gasteiger partial charge in [0.1, 0.15) is 11.1 Å². The van der Waals surface area contributed by atoms with Crippen molar-refractivity contribution < 1.29 is 9.21 Å². The monoisotopic (exact) mass is 568 g/mol. The molecular weight excluding hydrogens is 543 g/mol. The van der Waals surface area contributed by atoms with Crippen molar-refractivity contribution >= 4 is 78.3 Å². The number of amides is 1. The molecule has 3 aromatic carbocycles. The molecule has 6 rings (SSSR count). The number of rotatable bonds is 5. The molecule has 0 spiro atoms. The van der Waals surface area contributed by atoms with Crippen LogP contribution in [-0.4, -0.2) is 55.1 Å². The maximum absolute atomic E-state index is 12.8. The van der Waals surface area contributed by atoms with Crippen LogP contribution in [0.3, 0.4) is 0 Å². The molecule has 0 radical (unpaired) electrons. The standard InChI is InChI=1S/C28H25ClN4O3S.ClH/c1-17-6-8-22(29)25-24(17)31-28(37-25)33-14-12-32(13-15-33)11-10-30-26(34)21-16-20-19-5-3-2-4-18(19)7-9-23(20)36-27(21)35;/h2-9,16H,10-15H2,1H3,(H,30,34);1H. The van der Waals surface area contributed by atoms with Crippen LogP contribution in [0.2, 0.25) is 5.02 Å². The zero-order valence-corrected chi connectivity index (χ0v) is 23.1. The molecule has 0 bridgehead atoms. The van der Waals surface area contributed by atoms with Crippen molar-refractivity contribution in [3.63, 3.8) is 0 Å². The first-order chi connectivity index (χ1) is 18.0. The van der Waals surface area contributed by atoms with Crippen LogP contribution in [0.1, 0.15) is 15.9 Å². The molecule has 1 amide bonds. The summed E-state index contributed by atoms with van der Waals surface area (Å²) in [5.74, 6) is -0.413. The first-order valence-electron chi connectivity index (χ1n) is 12.2. The Balaban J connectivity index is 0.00000294. The third kappa shape index (κ3) is 4.97. The summed E-state index contributed by atoms with van der Waals surface area (Å²) in [7, 11) is 0. The zero-order chi connectivity index (χ0) is 25.5. The first-order valence-corrected chi connectivity index (χ1v) is 13.4. The zero-order valence-electron chi connectivity index (χ0n) is 20.7. The Bertz CT molecular complexity index is 1670. The predicted octanol–water partition coefficient (Wildman–Crippen LogP) is 5.49. The van der Waals surface area contributed by atoms with Gasteiger partial charge in [0, 0.05) is 44.7 Å². The molecule has 1 fully saturated rings. The van der Waals surface area contributed by atoms with Crippen LogP contribution in [0.4, 0.5) is 5.13 Å². The van der Waals surface area contributed by atoms with Crippen LogP contribution < -0.4 is 15.8 Å². The lowest BCUT2D eigenvalue weighted by atomic mass is 10.0. The summed E-state index contributed by atoms with van der Waals surface area (Å²) in [6, 6.07) is 17.1. The Hall–Kier alpha value is -3.17. The number of aromatic nitrogens is 1. The molecule has 10 heteroatoms. The highest BCUT2D eigenvalue weighted by Gasteiger charge is 2.21. The largest absolute Gasteiger partial charge is 0.422 e. The SMILES string of the molecule is Cc1ccc(Cl)c2sc(N3CCN(CCNC(=O)c4cc5c(ccc6ccccc65)oc4=O)CC3)nc12.Cl. The van der Waals surface area contributed by atoms with Crippen LogP contribution >= 0.6 is 35.3 Å². The van der Waals surface area contributed by atoms with Gasteiger partial charge in [0.05, 0.1) is 15.2 Å². The van der Waals surface area contributed by atoms with E-state index in [2.05, 4.69) is 22.0 Å². The summed E-state index contributed by atoms with van der Waals surface area (Å²) in [5.41, 5.74) is 1.98. The second-order valence-corrected chi connectivity index (χ2v) is 10.7. The van der Waals surface area contributed by atoms with Crippen molar-refractivity contribution in [1.82, 2.24) is 15.2 Å². The Morgan fingerprint density at radius 2 is 1.87 bits per heavy atom. The molecule has 7 nitrogen and oxygen atoms in total. The molecule has 38 heavy (non-hydrogen) atoms. The molecule has 0 unspecified atom stereocenters. The second-order valence-electron chi connectivity index (χ2n) is 9.27. The number of hydrogen-bond donors (Lipinski definition) is 1. The minimum absolute atomic E-state index is 0. The molecule has 196 valence electrons. The summed E-state index contributed by atoms with van der Waals surface area (Å²) in [6.07, 6.45) is 0. The van der Waals surface area contributed by atoms with Gasteiger partial charge in [-0.3, -0.25) is 9.69 Å². The van der Waals surface area contributed by atoms with E-state index in [0.717, 1.165) is 68.3 Å². The highest BCUT2D eigenvalue weighted by molar-refractivity contribution is 7.22. The van der Waals surface area contributed by atoms with Gasteiger partial charge >= 0.3 is 5.63 Å². The van der Waals surface area contributed by atoms with Gasteiger partial charge in [-0.05, 0) is 41.5 Å². The van der Waals surface area contributed by atoms with Gasteiger partial charge in [-0.1, -0.05) is 59.3 Å². The van der Waals surface area contributed by atoms with Gasteiger partial charge in [-0.25, -0.2) is 9.78 Å². The number of carbonyl (C=O) groups is 1. The second kappa shape index (κ2) is 10.9. The molecule has 1 aliphatic heterocycles. The fourth-order valence-electron chi connectivity index (χ4n) is 4.84.